The molecule has 1 amide bonds. The van der Waals surface area contributed by atoms with Gasteiger partial charge in [0.15, 0.2) is 0 Å². The van der Waals surface area contributed by atoms with Gasteiger partial charge in [-0.15, -0.1) is 0 Å². The van der Waals surface area contributed by atoms with Crippen LogP contribution in [0, 0.1) is 10.1 Å². The minimum atomic E-state index is -0.763. The number of nitro benzene ring substituents is 1. The molecule has 0 atom stereocenters. The first-order valence-electron chi connectivity index (χ1n) is 8.23. The number of para-hydroxylation sites is 1. The number of amides is 1. The molecule has 0 bridgehead atoms. The molecule has 1 fully saturated rings. The molecule has 8 heteroatoms. The molecule has 1 aliphatic heterocycles. The molecule has 0 saturated carbocycles. The number of halogens is 1. The molecule has 2 aromatic carbocycles. The van der Waals surface area contributed by atoms with Crippen LogP contribution in [0.3, 0.4) is 0 Å². The molecule has 0 aromatic heterocycles. The topological polar surface area (TPSA) is 95.7 Å². The lowest BCUT2D eigenvalue weighted by molar-refractivity contribution is -0.384. The first-order valence-corrected chi connectivity index (χ1v) is 8.61. The SMILES string of the molecule is O=C(NO)c1cccc([N+](=O)[O-])c1N1CCC(c2cccc(Cl)c2)CC1. The molecule has 1 aliphatic rings. The number of anilines is 1. The van der Waals surface area contributed by atoms with Crippen molar-refractivity contribution < 1.29 is 14.9 Å². The normalized spacial score (nSPS) is 14.9. The van der Waals surface area contributed by atoms with Crippen molar-refractivity contribution in [3.8, 4) is 0 Å². The summed E-state index contributed by atoms with van der Waals surface area (Å²) in [6.45, 7) is 1.13. The zero-order chi connectivity index (χ0) is 18.7. The Morgan fingerprint density at radius 1 is 1.23 bits per heavy atom. The van der Waals surface area contributed by atoms with E-state index in [1.54, 1.807) is 5.48 Å². The molecule has 136 valence electrons. The largest absolute Gasteiger partial charge is 0.365 e. The summed E-state index contributed by atoms with van der Waals surface area (Å²) < 4.78 is 0. The van der Waals surface area contributed by atoms with Crippen LogP contribution < -0.4 is 10.4 Å². The molecule has 2 aromatic rings. The first-order chi connectivity index (χ1) is 12.5. The molecule has 2 N–H and O–H groups in total. The number of carbonyl (C=O) groups excluding carboxylic acids is 1. The summed E-state index contributed by atoms with van der Waals surface area (Å²) in [7, 11) is 0. The van der Waals surface area contributed by atoms with E-state index >= 15 is 0 Å². The number of nitro groups is 1. The number of hydroxylamine groups is 1. The first kappa shape index (κ1) is 18.2. The van der Waals surface area contributed by atoms with Crippen LogP contribution in [0.4, 0.5) is 11.4 Å². The van der Waals surface area contributed by atoms with Crippen molar-refractivity contribution in [1.82, 2.24) is 5.48 Å². The Balaban J connectivity index is 1.87. The Morgan fingerprint density at radius 3 is 2.54 bits per heavy atom. The van der Waals surface area contributed by atoms with E-state index in [1.165, 1.54) is 18.2 Å². The fourth-order valence-corrected chi connectivity index (χ4v) is 3.65. The van der Waals surface area contributed by atoms with Gasteiger partial charge in [-0.3, -0.25) is 20.1 Å². The zero-order valence-electron chi connectivity index (χ0n) is 13.9. The van der Waals surface area contributed by atoms with Gasteiger partial charge in [0.2, 0.25) is 0 Å². The Hall–Kier alpha value is -2.64. The molecular formula is C18H18ClN3O4. The number of nitrogens with one attached hydrogen (secondary N) is 1. The second-order valence-electron chi connectivity index (χ2n) is 6.19. The average Bonchev–Trinajstić information content (AvgIpc) is 2.67. The summed E-state index contributed by atoms with van der Waals surface area (Å²) in [6, 6.07) is 12.0. The summed E-state index contributed by atoms with van der Waals surface area (Å²) in [5, 5.41) is 21.1. The predicted molar refractivity (Wildman–Crippen MR) is 98.0 cm³/mol. The quantitative estimate of drug-likeness (QED) is 0.482. The molecule has 3 rings (SSSR count). The van der Waals surface area contributed by atoms with E-state index in [9.17, 15) is 14.9 Å². The Morgan fingerprint density at radius 2 is 1.92 bits per heavy atom. The number of hydrogen-bond acceptors (Lipinski definition) is 5. The Kier molecular flexibility index (Phi) is 5.39. The average molecular weight is 376 g/mol. The van der Waals surface area contributed by atoms with Gasteiger partial charge in [0.25, 0.3) is 11.6 Å². The van der Waals surface area contributed by atoms with E-state index in [0.29, 0.717) is 24.0 Å². The molecular weight excluding hydrogens is 358 g/mol. The van der Waals surface area contributed by atoms with Crippen molar-refractivity contribution in [2.75, 3.05) is 18.0 Å². The van der Waals surface area contributed by atoms with Crippen LogP contribution >= 0.6 is 11.6 Å². The van der Waals surface area contributed by atoms with E-state index in [0.717, 1.165) is 18.4 Å². The summed E-state index contributed by atoms with van der Waals surface area (Å²) in [5.74, 6) is -0.455. The Labute approximate surface area is 155 Å². The molecule has 0 unspecified atom stereocenters. The maximum Gasteiger partial charge on any atom is 0.293 e. The van der Waals surface area contributed by atoms with Crippen LogP contribution in [-0.2, 0) is 0 Å². The van der Waals surface area contributed by atoms with E-state index in [1.807, 2.05) is 29.2 Å². The van der Waals surface area contributed by atoms with Gasteiger partial charge in [-0.2, -0.15) is 0 Å². The monoisotopic (exact) mass is 375 g/mol. The zero-order valence-corrected chi connectivity index (χ0v) is 14.6. The van der Waals surface area contributed by atoms with Gasteiger partial charge in [-0.25, -0.2) is 5.48 Å². The Bertz CT molecular complexity index is 835. The van der Waals surface area contributed by atoms with E-state index in [4.69, 9.17) is 16.8 Å². The van der Waals surface area contributed by atoms with Gasteiger partial charge in [0.05, 0.1) is 10.5 Å². The molecule has 7 nitrogen and oxygen atoms in total. The van der Waals surface area contributed by atoms with Crippen LogP contribution in [-0.4, -0.2) is 29.1 Å². The minimum Gasteiger partial charge on any atom is -0.365 e. The van der Waals surface area contributed by atoms with E-state index < -0.39 is 10.8 Å². The van der Waals surface area contributed by atoms with Crippen LogP contribution in [0.5, 0.6) is 0 Å². The number of benzene rings is 2. The van der Waals surface area contributed by atoms with Crippen LogP contribution in [0.2, 0.25) is 5.02 Å². The van der Waals surface area contributed by atoms with Crippen molar-refractivity contribution in [3.05, 3.63) is 68.7 Å². The van der Waals surface area contributed by atoms with Crippen LogP contribution in [0.25, 0.3) is 0 Å². The van der Waals surface area contributed by atoms with Crippen molar-refractivity contribution in [1.29, 1.82) is 0 Å². The van der Waals surface area contributed by atoms with Gasteiger partial charge in [0.1, 0.15) is 5.69 Å². The van der Waals surface area contributed by atoms with Gasteiger partial charge >= 0.3 is 0 Å². The van der Waals surface area contributed by atoms with Crippen molar-refractivity contribution in [2.45, 2.75) is 18.8 Å². The summed E-state index contributed by atoms with van der Waals surface area (Å²) in [5.41, 5.74) is 2.90. The highest BCUT2D eigenvalue weighted by Gasteiger charge is 2.29. The minimum absolute atomic E-state index is 0.0860. The smallest absolute Gasteiger partial charge is 0.293 e. The molecule has 1 saturated heterocycles. The lowest BCUT2D eigenvalue weighted by atomic mass is 9.89. The fraction of sp³-hybridized carbons (Fsp3) is 0.278. The molecule has 0 aliphatic carbocycles. The molecule has 0 spiro atoms. The van der Waals surface area contributed by atoms with Crippen molar-refractivity contribution in [2.24, 2.45) is 0 Å². The number of rotatable bonds is 4. The summed E-state index contributed by atoms with van der Waals surface area (Å²) >= 11 is 6.06. The van der Waals surface area contributed by atoms with Crippen molar-refractivity contribution >= 4 is 28.9 Å². The fourth-order valence-electron chi connectivity index (χ4n) is 3.45. The third kappa shape index (κ3) is 3.63. The summed E-state index contributed by atoms with van der Waals surface area (Å²) in [4.78, 5) is 24.7. The number of hydrogen-bond donors (Lipinski definition) is 2. The predicted octanol–water partition coefficient (Wildman–Crippen LogP) is 3.75. The maximum absolute atomic E-state index is 11.9. The molecule has 0 radical (unpaired) electrons. The van der Waals surface area contributed by atoms with Gasteiger partial charge in [0, 0.05) is 24.2 Å². The van der Waals surface area contributed by atoms with Gasteiger partial charge in [-0.1, -0.05) is 29.8 Å². The maximum atomic E-state index is 11.9. The number of nitrogens with zero attached hydrogens (tertiary/aromatic N) is 2. The highest BCUT2D eigenvalue weighted by molar-refractivity contribution is 6.30. The second-order valence-corrected chi connectivity index (χ2v) is 6.62. The number of piperidine rings is 1. The summed E-state index contributed by atoms with van der Waals surface area (Å²) in [6.07, 6.45) is 1.57. The standard InChI is InChI=1S/C18H18ClN3O4/c19-14-4-1-3-13(11-14)12-7-9-21(10-8-12)17-15(18(23)20-24)5-2-6-16(17)22(25)26/h1-6,11-12,24H,7-10H2,(H,20,23). The lowest BCUT2D eigenvalue weighted by Gasteiger charge is -2.34. The van der Waals surface area contributed by atoms with Crippen molar-refractivity contribution in [3.63, 3.8) is 0 Å². The van der Waals surface area contributed by atoms with Gasteiger partial charge in [-0.05, 0) is 42.5 Å². The van der Waals surface area contributed by atoms with Gasteiger partial charge < -0.3 is 4.90 Å². The number of carbonyl (C=O) groups is 1. The molecule has 1 heterocycles. The second kappa shape index (κ2) is 7.72. The highest BCUT2D eigenvalue weighted by atomic mass is 35.5. The third-order valence-corrected chi connectivity index (χ3v) is 4.92. The highest BCUT2D eigenvalue weighted by Crippen LogP contribution is 2.37. The molecule has 26 heavy (non-hydrogen) atoms. The van der Waals surface area contributed by atoms with E-state index in [2.05, 4.69) is 0 Å². The van der Waals surface area contributed by atoms with E-state index in [-0.39, 0.29) is 16.9 Å². The van der Waals surface area contributed by atoms with Crippen LogP contribution in [0.1, 0.15) is 34.7 Å². The lowest BCUT2D eigenvalue weighted by Crippen LogP contribution is -2.35. The van der Waals surface area contributed by atoms with Crippen LogP contribution in [0.15, 0.2) is 42.5 Å². The third-order valence-electron chi connectivity index (χ3n) is 4.69.